The van der Waals surface area contributed by atoms with E-state index >= 15 is 0 Å². The third-order valence-electron chi connectivity index (χ3n) is 1.74. The highest BCUT2D eigenvalue weighted by Gasteiger charge is 2.07. The Hall–Kier alpha value is -1.86. The lowest BCUT2D eigenvalue weighted by Gasteiger charge is -2.04. The van der Waals surface area contributed by atoms with Gasteiger partial charge in [-0.25, -0.2) is 4.79 Å². The highest BCUT2D eigenvalue weighted by molar-refractivity contribution is 7.12. The Morgan fingerprint density at radius 3 is 2.89 bits per heavy atom. The van der Waals surface area contributed by atoms with E-state index in [2.05, 4.69) is 15.9 Å². The van der Waals surface area contributed by atoms with E-state index in [0.717, 1.165) is 11.6 Å². The molecule has 0 unspecified atom stereocenters. The van der Waals surface area contributed by atoms with Gasteiger partial charge in [0.25, 0.3) is 5.91 Å². The highest BCUT2D eigenvalue weighted by Crippen LogP contribution is 2.12. The summed E-state index contributed by atoms with van der Waals surface area (Å²) < 4.78 is 4.81. The van der Waals surface area contributed by atoms with E-state index in [4.69, 9.17) is 4.74 Å². The van der Waals surface area contributed by atoms with Gasteiger partial charge < -0.3 is 9.57 Å². The quantitative estimate of drug-likeness (QED) is 0.463. The summed E-state index contributed by atoms with van der Waals surface area (Å²) in [6, 6.07) is 1.73. The van der Waals surface area contributed by atoms with Crippen molar-refractivity contribution in [2.45, 2.75) is 13.8 Å². The summed E-state index contributed by atoms with van der Waals surface area (Å²) in [4.78, 5) is 27.6. The Labute approximate surface area is 109 Å². The first kappa shape index (κ1) is 14.2. The summed E-state index contributed by atoms with van der Waals surface area (Å²) in [7, 11) is 0. The Morgan fingerprint density at radius 2 is 2.28 bits per heavy atom. The maximum atomic E-state index is 11.5. The number of aryl methyl sites for hydroxylation is 1. The SMILES string of the molecule is CCOC=CC(=O)ONNC(=O)c1cc(C)cs1. The van der Waals surface area contributed by atoms with Crippen molar-refractivity contribution < 1.29 is 19.2 Å². The third kappa shape index (κ3) is 4.98. The Bertz CT molecular complexity index is 442. The number of hydrazine groups is 1. The second-order valence-electron chi connectivity index (χ2n) is 3.22. The number of hydrogen-bond donors (Lipinski definition) is 2. The normalized spacial score (nSPS) is 10.3. The van der Waals surface area contributed by atoms with Crippen molar-refractivity contribution in [3.8, 4) is 0 Å². The maximum absolute atomic E-state index is 11.5. The van der Waals surface area contributed by atoms with Crippen molar-refractivity contribution >= 4 is 23.2 Å². The lowest BCUT2D eigenvalue weighted by atomic mass is 10.3. The number of hydrogen-bond acceptors (Lipinski definition) is 6. The second kappa shape index (κ2) is 7.46. The number of ether oxygens (including phenoxy) is 1. The van der Waals surface area contributed by atoms with E-state index in [1.807, 2.05) is 12.3 Å². The first-order valence-corrected chi connectivity index (χ1v) is 6.11. The minimum absolute atomic E-state index is 0.366. The van der Waals surface area contributed by atoms with Crippen LogP contribution < -0.4 is 11.0 Å². The van der Waals surface area contributed by atoms with E-state index in [0.29, 0.717) is 11.5 Å². The van der Waals surface area contributed by atoms with Crippen LogP contribution in [0.25, 0.3) is 0 Å². The van der Waals surface area contributed by atoms with E-state index in [1.54, 1.807) is 13.0 Å². The van der Waals surface area contributed by atoms with Crippen molar-refractivity contribution in [1.82, 2.24) is 11.0 Å². The van der Waals surface area contributed by atoms with Gasteiger partial charge in [-0.3, -0.25) is 10.2 Å². The molecule has 0 aliphatic heterocycles. The average Bonchev–Trinajstić information content (AvgIpc) is 2.76. The first-order valence-electron chi connectivity index (χ1n) is 5.23. The lowest BCUT2D eigenvalue weighted by molar-refractivity contribution is -0.146. The summed E-state index contributed by atoms with van der Waals surface area (Å²) in [5.74, 6) is -1.04. The monoisotopic (exact) mass is 270 g/mol. The van der Waals surface area contributed by atoms with Crippen LogP contribution in [0.3, 0.4) is 0 Å². The molecule has 0 radical (unpaired) electrons. The molecule has 2 N–H and O–H groups in total. The minimum Gasteiger partial charge on any atom is -0.501 e. The van der Waals surface area contributed by atoms with Gasteiger partial charge in [0.15, 0.2) is 0 Å². The molecule has 1 rings (SSSR count). The van der Waals surface area contributed by atoms with Crippen molar-refractivity contribution in [3.05, 3.63) is 34.2 Å². The predicted octanol–water partition coefficient (Wildman–Crippen LogP) is 1.30. The topological polar surface area (TPSA) is 76.7 Å². The Kier molecular flexibility index (Phi) is 5.89. The van der Waals surface area contributed by atoms with Gasteiger partial charge in [0.2, 0.25) is 0 Å². The summed E-state index contributed by atoms with van der Waals surface area (Å²) >= 11 is 1.31. The van der Waals surface area contributed by atoms with Gasteiger partial charge in [0.1, 0.15) is 0 Å². The Balaban J connectivity index is 2.25. The van der Waals surface area contributed by atoms with Gasteiger partial charge in [0.05, 0.1) is 23.8 Å². The average molecular weight is 270 g/mol. The fraction of sp³-hybridized carbons (Fsp3) is 0.273. The molecule has 6 nitrogen and oxygen atoms in total. The van der Waals surface area contributed by atoms with Crippen LogP contribution >= 0.6 is 11.3 Å². The highest BCUT2D eigenvalue weighted by atomic mass is 32.1. The Morgan fingerprint density at radius 1 is 1.50 bits per heavy atom. The number of nitrogens with one attached hydrogen (secondary N) is 2. The molecular weight excluding hydrogens is 256 g/mol. The summed E-state index contributed by atoms with van der Waals surface area (Å²) in [5.41, 5.74) is 5.31. The van der Waals surface area contributed by atoms with Crippen LogP contribution in [0.5, 0.6) is 0 Å². The van der Waals surface area contributed by atoms with Crippen LogP contribution in [-0.4, -0.2) is 18.5 Å². The van der Waals surface area contributed by atoms with Gasteiger partial charge in [0, 0.05) is 0 Å². The molecule has 1 aromatic rings. The zero-order chi connectivity index (χ0) is 13.4. The zero-order valence-corrected chi connectivity index (χ0v) is 10.9. The van der Waals surface area contributed by atoms with Gasteiger partial charge in [-0.1, -0.05) is 5.59 Å². The number of amides is 1. The van der Waals surface area contributed by atoms with Crippen LogP contribution in [0.2, 0.25) is 0 Å². The van der Waals surface area contributed by atoms with Crippen molar-refractivity contribution in [3.63, 3.8) is 0 Å². The molecule has 18 heavy (non-hydrogen) atoms. The number of carbonyl (C=O) groups is 2. The molecule has 0 aliphatic carbocycles. The summed E-state index contributed by atoms with van der Waals surface area (Å²) in [6.45, 7) is 4.14. The zero-order valence-electron chi connectivity index (χ0n) is 10.1. The number of carbonyl (C=O) groups excluding carboxylic acids is 2. The van der Waals surface area contributed by atoms with E-state index < -0.39 is 5.97 Å². The number of thiophene rings is 1. The van der Waals surface area contributed by atoms with E-state index in [9.17, 15) is 9.59 Å². The largest absolute Gasteiger partial charge is 0.501 e. The first-order chi connectivity index (χ1) is 8.63. The van der Waals surface area contributed by atoms with Gasteiger partial charge in [-0.05, 0) is 30.9 Å². The molecule has 0 saturated carbocycles. The molecule has 1 heterocycles. The van der Waals surface area contributed by atoms with E-state index in [-0.39, 0.29) is 5.91 Å². The molecule has 0 aromatic carbocycles. The van der Waals surface area contributed by atoms with Gasteiger partial charge in [-0.15, -0.1) is 11.3 Å². The van der Waals surface area contributed by atoms with Crippen LogP contribution in [0, 0.1) is 6.92 Å². The molecule has 1 aromatic heterocycles. The van der Waals surface area contributed by atoms with Crippen LogP contribution in [0.4, 0.5) is 0 Å². The molecule has 0 bridgehead atoms. The molecule has 0 saturated heterocycles. The van der Waals surface area contributed by atoms with Gasteiger partial charge >= 0.3 is 5.97 Å². The molecule has 0 fully saturated rings. The minimum atomic E-state index is -0.675. The van der Waals surface area contributed by atoms with Crippen molar-refractivity contribution in [2.24, 2.45) is 0 Å². The summed E-state index contributed by atoms with van der Waals surface area (Å²) in [6.07, 6.45) is 2.31. The molecule has 0 atom stereocenters. The summed E-state index contributed by atoms with van der Waals surface area (Å²) in [5, 5.41) is 1.85. The van der Waals surface area contributed by atoms with Crippen LogP contribution in [0.15, 0.2) is 23.8 Å². The lowest BCUT2D eigenvalue weighted by Crippen LogP contribution is -2.38. The standard InChI is InChI=1S/C11H14N2O4S/c1-3-16-5-4-10(14)17-13-12-11(15)9-6-8(2)7-18-9/h4-7,13H,3H2,1-2H3,(H,12,15). The van der Waals surface area contributed by atoms with Crippen LogP contribution in [0.1, 0.15) is 22.2 Å². The molecule has 1 amide bonds. The van der Waals surface area contributed by atoms with Crippen molar-refractivity contribution in [2.75, 3.05) is 6.61 Å². The van der Waals surface area contributed by atoms with E-state index in [1.165, 1.54) is 17.6 Å². The molecule has 7 heteroatoms. The third-order valence-corrected chi connectivity index (χ3v) is 2.78. The van der Waals surface area contributed by atoms with Gasteiger partial charge in [-0.2, -0.15) is 0 Å². The molecular formula is C11H14N2O4S. The smallest absolute Gasteiger partial charge is 0.354 e. The van der Waals surface area contributed by atoms with Crippen molar-refractivity contribution in [1.29, 1.82) is 0 Å². The molecule has 0 aliphatic rings. The fourth-order valence-corrected chi connectivity index (χ4v) is 1.76. The van der Waals surface area contributed by atoms with Crippen LogP contribution in [-0.2, 0) is 14.4 Å². The molecule has 98 valence electrons. The second-order valence-corrected chi connectivity index (χ2v) is 4.13. The fourth-order valence-electron chi connectivity index (χ4n) is 0.968. The maximum Gasteiger partial charge on any atom is 0.354 e. The molecule has 0 spiro atoms. The predicted molar refractivity (Wildman–Crippen MR) is 66.5 cm³/mol. The number of rotatable bonds is 6.